The number of hydrogen-bond acceptors (Lipinski definition) is 4. The van der Waals surface area contributed by atoms with E-state index in [2.05, 4.69) is 14.9 Å². The molecule has 0 aromatic heterocycles. The fraction of sp³-hybridized carbons (Fsp3) is 1.00. The maximum Gasteiger partial charge on any atom is 0.211 e. The van der Waals surface area contributed by atoms with Crippen molar-refractivity contribution in [2.24, 2.45) is 5.92 Å². The second kappa shape index (κ2) is 6.94. The molecule has 2 atom stereocenters. The predicted octanol–water partition coefficient (Wildman–Crippen LogP) is 0.922. The smallest absolute Gasteiger partial charge is 0.211 e. The third-order valence-electron chi connectivity index (χ3n) is 5.44. The lowest BCUT2D eigenvalue weighted by atomic mass is 9.96. The molecule has 0 saturated carbocycles. The van der Waals surface area contributed by atoms with Crippen LogP contribution in [0, 0.1) is 5.92 Å². The van der Waals surface area contributed by atoms with Gasteiger partial charge >= 0.3 is 0 Å². The van der Waals surface area contributed by atoms with E-state index in [1.165, 1.54) is 12.8 Å². The number of hydrogen-bond donors (Lipinski definition) is 2. The van der Waals surface area contributed by atoms with E-state index in [4.69, 9.17) is 0 Å². The summed E-state index contributed by atoms with van der Waals surface area (Å²) in [7, 11) is -3.11. The van der Waals surface area contributed by atoms with Gasteiger partial charge in [-0.05, 0) is 64.1 Å². The zero-order chi connectivity index (χ0) is 14.7. The van der Waals surface area contributed by atoms with Crippen LogP contribution in [-0.4, -0.2) is 57.3 Å². The number of nitrogens with zero attached hydrogens (tertiary/aromatic N) is 1. The maximum atomic E-state index is 12.4. The molecule has 0 bridgehead atoms. The number of piperidine rings is 2. The van der Waals surface area contributed by atoms with Crippen LogP contribution in [0.2, 0.25) is 0 Å². The van der Waals surface area contributed by atoms with Crippen LogP contribution in [0.25, 0.3) is 0 Å². The van der Waals surface area contributed by atoms with Crippen LogP contribution in [0.1, 0.15) is 44.9 Å². The van der Waals surface area contributed by atoms with Crippen molar-refractivity contribution in [1.29, 1.82) is 0 Å². The molecule has 21 heavy (non-hydrogen) atoms. The van der Waals surface area contributed by atoms with Gasteiger partial charge in [0.25, 0.3) is 0 Å². The van der Waals surface area contributed by atoms with Gasteiger partial charge in [0.15, 0.2) is 0 Å². The summed E-state index contributed by atoms with van der Waals surface area (Å²) in [5, 5.41) is 3.33. The second-order valence-electron chi connectivity index (χ2n) is 6.91. The monoisotopic (exact) mass is 315 g/mol. The van der Waals surface area contributed by atoms with E-state index in [-0.39, 0.29) is 6.04 Å². The zero-order valence-corrected chi connectivity index (χ0v) is 13.7. The first-order valence-electron chi connectivity index (χ1n) is 8.59. The highest BCUT2D eigenvalue weighted by atomic mass is 32.2. The largest absolute Gasteiger partial charge is 0.317 e. The van der Waals surface area contributed by atoms with Crippen molar-refractivity contribution in [3.05, 3.63) is 0 Å². The normalized spacial score (nSPS) is 32.2. The van der Waals surface area contributed by atoms with Gasteiger partial charge in [-0.15, -0.1) is 0 Å². The summed E-state index contributed by atoms with van der Waals surface area (Å²) in [4.78, 5) is 2.48. The highest BCUT2D eigenvalue weighted by molar-refractivity contribution is 7.89. The summed E-state index contributed by atoms with van der Waals surface area (Å²) < 4.78 is 27.7. The molecule has 2 N–H and O–H groups in total. The Balaban J connectivity index is 1.48. The number of sulfonamides is 1. The summed E-state index contributed by atoms with van der Waals surface area (Å²) in [6.45, 7) is 4.29. The zero-order valence-electron chi connectivity index (χ0n) is 12.9. The van der Waals surface area contributed by atoms with E-state index in [1.807, 2.05) is 0 Å². The van der Waals surface area contributed by atoms with Gasteiger partial charge < -0.3 is 5.32 Å². The number of rotatable bonds is 5. The molecule has 6 heteroatoms. The van der Waals surface area contributed by atoms with Crippen molar-refractivity contribution in [2.75, 3.05) is 31.9 Å². The Morgan fingerprint density at radius 2 is 1.86 bits per heavy atom. The fourth-order valence-electron chi connectivity index (χ4n) is 4.17. The first-order valence-corrected chi connectivity index (χ1v) is 10.2. The van der Waals surface area contributed by atoms with Crippen molar-refractivity contribution >= 4 is 10.0 Å². The second-order valence-corrected chi connectivity index (χ2v) is 8.79. The van der Waals surface area contributed by atoms with Crippen LogP contribution in [0.15, 0.2) is 0 Å². The summed E-state index contributed by atoms with van der Waals surface area (Å²) >= 11 is 0. The lowest BCUT2D eigenvalue weighted by Gasteiger charge is -2.32. The minimum Gasteiger partial charge on any atom is -0.317 e. The van der Waals surface area contributed by atoms with Crippen molar-refractivity contribution in [3.8, 4) is 0 Å². The molecule has 0 aromatic carbocycles. The van der Waals surface area contributed by atoms with Gasteiger partial charge in [0.05, 0.1) is 5.75 Å². The Hall–Kier alpha value is -0.170. The predicted molar refractivity (Wildman–Crippen MR) is 84.8 cm³/mol. The van der Waals surface area contributed by atoms with Crippen LogP contribution >= 0.6 is 0 Å². The van der Waals surface area contributed by atoms with E-state index in [0.717, 1.165) is 58.3 Å². The van der Waals surface area contributed by atoms with Gasteiger partial charge in [-0.1, -0.05) is 6.42 Å². The topological polar surface area (TPSA) is 61.4 Å². The molecule has 0 radical (unpaired) electrons. The molecule has 3 saturated heterocycles. The van der Waals surface area contributed by atoms with E-state index < -0.39 is 10.0 Å². The summed E-state index contributed by atoms with van der Waals surface area (Å²) in [6.07, 6.45) is 7.71. The average molecular weight is 315 g/mol. The van der Waals surface area contributed by atoms with Crippen molar-refractivity contribution in [2.45, 2.75) is 57.0 Å². The standard InChI is InChI=1S/C15H29N3O2S/c19-21(20,12-7-13-4-8-16-9-5-13)17-14-6-11-18-10-2-1-3-15(14)18/h13-17H,1-12H2. The minimum absolute atomic E-state index is 0.156. The van der Waals surface area contributed by atoms with Crippen molar-refractivity contribution in [3.63, 3.8) is 0 Å². The first-order chi connectivity index (χ1) is 10.1. The third kappa shape index (κ3) is 4.18. The summed E-state index contributed by atoms with van der Waals surface area (Å²) in [6, 6.07) is 0.607. The van der Waals surface area contributed by atoms with Crippen LogP contribution < -0.4 is 10.0 Å². The van der Waals surface area contributed by atoms with Gasteiger partial charge in [-0.3, -0.25) is 4.90 Å². The molecular weight excluding hydrogens is 286 g/mol. The van der Waals surface area contributed by atoms with Crippen LogP contribution in [0.4, 0.5) is 0 Å². The molecule has 3 heterocycles. The molecule has 0 aliphatic carbocycles. The van der Waals surface area contributed by atoms with Crippen LogP contribution in [0.3, 0.4) is 0 Å². The molecule has 0 aromatic rings. The molecule has 3 rings (SSSR count). The van der Waals surface area contributed by atoms with E-state index in [1.54, 1.807) is 0 Å². The molecular formula is C15H29N3O2S. The van der Waals surface area contributed by atoms with E-state index >= 15 is 0 Å². The molecule has 0 spiro atoms. The van der Waals surface area contributed by atoms with Gasteiger partial charge in [-0.25, -0.2) is 13.1 Å². The first kappa shape index (κ1) is 15.7. The Morgan fingerprint density at radius 3 is 2.67 bits per heavy atom. The SMILES string of the molecule is O=S(=O)(CCC1CCNCC1)NC1CCN2CCCCC12. The Kier molecular flexibility index (Phi) is 5.19. The van der Waals surface area contributed by atoms with Crippen molar-refractivity contribution < 1.29 is 8.42 Å². The molecule has 3 aliphatic heterocycles. The van der Waals surface area contributed by atoms with E-state index in [0.29, 0.717) is 17.7 Å². The van der Waals surface area contributed by atoms with Gasteiger partial charge in [0, 0.05) is 18.6 Å². The molecule has 0 amide bonds. The molecule has 2 unspecified atom stereocenters. The summed E-state index contributed by atoms with van der Waals surface area (Å²) in [5.41, 5.74) is 0. The minimum atomic E-state index is -3.11. The molecule has 122 valence electrons. The Bertz CT molecular complexity index is 434. The maximum absolute atomic E-state index is 12.4. The lowest BCUT2D eigenvalue weighted by Crippen LogP contribution is -2.47. The lowest BCUT2D eigenvalue weighted by molar-refractivity contribution is 0.186. The van der Waals surface area contributed by atoms with Crippen LogP contribution in [-0.2, 0) is 10.0 Å². The number of fused-ring (bicyclic) bond motifs is 1. The summed E-state index contributed by atoms with van der Waals surface area (Å²) in [5.74, 6) is 0.888. The molecule has 3 aliphatic rings. The van der Waals surface area contributed by atoms with Crippen LogP contribution in [0.5, 0.6) is 0 Å². The highest BCUT2D eigenvalue weighted by Crippen LogP contribution is 2.27. The third-order valence-corrected chi connectivity index (χ3v) is 6.88. The van der Waals surface area contributed by atoms with Gasteiger partial charge in [0.2, 0.25) is 10.0 Å². The fourth-order valence-corrected chi connectivity index (χ4v) is 5.66. The molecule has 3 fully saturated rings. The Labute approximate surface area is 128 Å². The van der Waals surface area contributed by atoms with E-state index in [9.17, 15) is 8.42 Å². The quantitative estimate of drug-likeness (QED) is 0.792. The number of nitrogens with one attached hydrogen (secondary N) is 2. The Morgan fingerprint density at radius 1 is 1.05 bits per heavy atom. The van der Waals surface area contributed by atoms with Gasteiger partial charge in [0.1, 0.15) is 0 Å². The van der Waals surface area contributed by atoms with Gasteiger partial charge in [-0.2, -0.15) is 0 Å². The van der Waals surface area contributed by atoms with Crippen molar-refractivity contribution in [1.82, 2.24) is 14.9 Å². The average Bonchev–Trinajstić information content (AvgIpc) is 2.89. The highest BCUT2D eigenvalue weighted by Gasteiger charge is 2.37. The molecule has 5 nitrogen and oxygen atoms in total.